The molecule has 1 N–H and O–H groups in total. The zero-order chi connectivity index (χ0) is 18.3. The van der Waals surface area contributed by atoms with Crippen LogP contribution in [0.4, 0.5) is 17.1 Å². The second-order valence-electron chi connectivity index (χ2n) is 6.43. The third-order valence-electron chi connectivity index (χ3n) is 4.99. The number of rotatable bonds is 3. The summed E-state index contributed by atoms with van der Waals surface area (Å²) >= 11 is 0. The van der Waals surface area contributed by atoms with Crippen molar-refractivity contribution >= 4 is 23.0 Å². The van der Waals surface area contributed by atoms with Gasteiger partial charge in [-0.25, -0.2) is 4.99 Å². The Morgan fingerprint density at radius 3 is 2.65 bits per heavy atom. The molecule has 2 heterocycles. The highest BCUT2D eigenvalue weighted by Crippen LogP contribution is 2.42. The lowest BCUT2D eigenvalue weighted by Crippen LogP contribution is -2.49. The summed E-state index contributed by atoms with van der Waals surface area (Å²) in [6, 6.07) is 14.8. The number of benzene rings is 2. The largest absolute Gasteiger partial charge is 0.481 e. The molecule has 0 aromatic heterocycles. The first-order valence-corrected chi connectivity index (χ1v) is 8.63. The van der Waals surface area contributed by atoms with Gasteiger partial charge in [0.1, 0.15) is 6.17 Å². The molecule has 0 fully saturated rings. The van der Waals surface area contributed by atoms with Crippen LogP contribution in [0.1, 0.15) is 18.4 Å². The molecular formula is C19H20N4O3. The van der Waals surface area contributed by atoms with Crippen molar-refractivity contribution in [2.75, 3.05) is 23.9 Å². The topological polar surface area (TPSA) is 80.0 Å². The quantitative estimate of drug-likeness (QED) is 0.676. The Labute approximate surface area is 151 Å². The number of hydrogen-bond acceptors (Lipinski definition) is 6. The van der Waals surface area contributed by atoms with Crippen LogP contribution in [0, 0.1) is 10.1 Å². The van der Waals surface area contributed by atoms with Gasteiger partial charge in [0.15, 0.2) is 5.90 Å². The molecule has 0 saturated carbocycles. The van der Waals surface area contributed by atoms with Crippen molar-refractivity contribution in [2.24, 2.45) is 4.99 Å². The van der Waals surface area contributed by atoms with Crippen LogP contribution in [0.5, 0.6) is 0 Å². The number of aliphatic imine (C=N–C) groups is 1. The lowest BCUT2D eigenvalue weighted by molar-refractivity contribution is -0.384. The summed E-state index contributed by atoms with van der Waals surface area (Å²) in [5.41, 5.74) is 3.19. The van der Waals surface area contributed by atoms with Crippen molar-refractivity contribution in [1.29, 1.82) is 0 Å². The number of hydrogen-bond donors (Lipinski definition) is 1. The first kappa shape index (κ1) is 16.4. The number of anilines is 2. The van der Waals surface area contributed by atoms with Crippen LogP contribution >= 0.6 is 0 Å². The average Bonchev–Trinajstić information content (AvgIpc) is 3.00. The standard InChI is InChI=1S/C19H20N4O3/c1-3-26-19-16(12-8-10-13(11-9-12)23(24)25)17-18(21-19)20-14-6-4-5-7-15(14)22(17)2/h4-11,16-18,20H,3H2,1-2H3/t16-,17-,18+/m1/s1. The molecule has 0 bridgehead atoms. The predicted octanol–water partition coefficient (Wildman–Crippen LogP) is 3.38. The highest BCUT2D eigenvalue weighted by Gasteiger charge is 2.46. The second-order valence-corrected chi connectivity index (χ2v) is 6.43. The number of nitro groups is 1. The lowest BCUT2D eigenvalue weighted by Gasteiger charge is -2.40. The van der Waals surface area contributed by atoms with Gasteiger partial charge in [0.25, 0.3) is 5.69 Å². The van der Waals surface area contributed by atoms with E-state index >= 15 is 0 Å². The summed E-state index contributed by atoms with van der Waals surface area (Å²) < 4.78 is 5.84. The van der Waals surface area contributed by atoms with Gasteiger partial charge >= 0.3 is 0 Å². The van der Waals surface area contributed by atoms with Crippen LogP contribution in [0.25, 0.3) is 0 Å². The molecule has 7 nitrogen and oxygen atoms in total. The monoisotopic (exact) mass is 352 g/mol. The maximum absolute atomic E-state index is 11.0. The fourth-order valence-electron chi connectivity index (χ4n) is 3.82. The van der Waals surface area contributed by atoms with Gasteiger partial charge in [0, 0.05) is 19.2 Å². The Balaban J connectivity index is 1.74. The van der Waals surface area contributed by atoms with Crippen molar-refractivity contribution in [3.8, 4) is 0 Å². The molecule has 2 aliphatic rings. The average molecular weight is 352 g/mol. The van der Waals surface area contributed by atoms with E-state index in [0.717, 1.165) is 16.9 Å². The van der Waals surface area contributed by atoms with E-state index < -0.39 is 0 Å². The third kappa shape index (κ3) is 2.56. The normalized spacial score (nSPS) is 23.5. The molecule has 0 amide bonds. The Bertz CT molecular complexity index is 865. The summed E-state index contributed by atoms with van der Waals surface area (Å²) in [7, 11) is 2.06. The van der Waals surface area contributed by atoms with E-state index in [1.165, 1.54) is 12.1 Å². The van der Waals surface area contributed by atoms with Gasteiger partial charge in [-0.2, -0.15) is 0 Å². The molecule has 2 aromatic rings. The fourth-order valence-corrected chi connectivity index (χ4v) is 3.82. The Morgan fingerprint density at radius 1 is 1.23 bits per heavy atom. The highest BCUT2D eigenvalue weighted by molar-refractivity contribution is 5.90. The molecule has 4 rings (SSSR count). The zero-order valence-corrected chi connectivity index (χ0v) is 14.6. The smallest absolute Gasteiger partial charge is 0.269 e. The minimum Gasteiger partial charge on any atom is -0.481 e. The van der Waals surface area contributed by atoms with Crippen LogP contribution in [0.2, 0.25) is 0 Å². The number of likely N-dealkylation sites (N-methyl/N-ethyl adjacent to an activating group) is 1. The summed E-state index contributed by atoms with van der Waals surface area (Å²) in [6.07, 6.45) is -0.128. The van der Waals surface area contributed by atoms with Gasteiger partial charge in [-0.3, -0.25) is 10.1 Å². The van der Waals surface area contributed by atoms with Crippen LogP contribution in [0.15, 0.2) is 53.5 Å². The van der Waals surface area contributed by atoms with Crippen LogP contribution in [0.3, 0.4) is 0 Å². The van der Waals surface area contributed by atoms with Gasteiger partial charge in [-0.05, 0) is 24.6 Å². The van der Waals surface area contributed by atoms with Gasteiger partial charge in [0.2, 0.25) is 0 Å². The number of ether oxygens (including phenoxy) is 1. The number of nitrogens with zero attached hydrogens (tertiary/aromatic N) is 3. The molecule has 0 radical (unpaired) electrons. The molecule has 0 aliphatic carbocycles. The molecule has 0 unspecified atom stereocenters. The SMILES string of the molecule is CCOC1=N[C@@H]2Nc3ccccc3N(C)[C@@H]2[C@H]1c1ccc([N+](=O)[O-])cc1. The number of non-ortho nitro benzene ring substituents is 1. The summed E-state index contributed by atoms with van der Waals surface area (Å²) in [4.78, 5) is 17.6. The number of para-hydroxylation sites is 2. The second kappa shape index (κ2) is 6.33. The lowest BCUT2D eigenvalue weighted by atomic mass is 9.89. The van der Waals surface area contributed by atoms with Crippen molar-refractivity contribution in [3.05, 3.63) is 64.2 Å². The Kier molecular flexibility index (Phi) is 3.99. The Morgan fingerprint density at radius 2 is 1.96 bits per heavy atom. The third-order valence-corrected chi connectivity index (χ3v) is 4.99. The molecule has 0 saturated heterocycles. The molecule has 134 valence electrons. The maximum Gasteiger partial charge on any atom is 0.269 e. The van der Waals surface area contributed by atoms with E-state index in [0.29, 0.717) is 12.5 Å². The number of nitrogens with one attached hydrogen (secondary N) is 1. The van der Waals surface area contributed by atoms with Crippen LogP contribution in [-0.2, 0) is 4.74 Å². The van der Waals surface area contributed by atoms with Gasteiger partial charge in [-0.15, -0.1) is 0 Å². The van der Waals surface area contributed by atoms with E-state index in [-0.39, 0.29) is 28.7 Å². The molecule has 7 heteroatoms. The molecule has 2 aliphatic heterocycles. The van der Waals surface area contributed by atoms with Crippen LogP contribution in [-0.4, -0.2) is 36.7 Å². The van der Waals surface area contributed by atoms with Gasteiger partial charge in [-0.1, -0.05) is 24.3 Å². The van der Waals surface area contributed by atoms with E-state index in [2.05, 4.69) is 23.3 Å². The van der Waals surface area contributed by atoms with E-state index in [9.17, 15) is 10.1 Å². The van der Waals surface area contributed by atoms with Crippen molar-refractivity contribution in [2.45, 2.75) is 25.0 Å². The zero-order valence-electron chi connectivity index (χ0n) is 14.6. The van der Waals surface area contributed by atoms with E-state index in [4.69, 9.17) is 9.73 Å². The Hall–Kier alpha value is -3.09. The van der Waals surface area contributed by atoms with Gasteiger partial charge < -0.3 is 15.0 Å². The molecule has 26 heavy (non-hydrogen) atoms. The first-order chi connectivity index (χ1) is 12.6. The van der Waals surface area contributed by atoms with E-state index in [1.54, 1.807) is 12.1 Å². The minimum absolute atomic E-state index is 0.0351. The molecule has 2 aromatic carbocycles. The van der Waals surface area contributed by atoms with Crippen molar-refractivity contribution in [3.63, 3.8) is 0 Å². The fraction of sp³-hybridized carbons (Fsp3) is 0.316. The summed E-state index contributed by atoms with van der Waals surface area (Å²) in [6.45, 7) is 2.46. The highest BCUT2D eigenvalue weighted by atomic mass is 16.6. The maximum atomic E-state index is 11.0. The molecule has 3 atom stereocenters. The minimum atomic E-state index is -0.386. The molecular weight excluding hydrogens is 332 g/mol. The summed E-state index contributed by atoms with van der Waals surface area (Å²) in [5.74, 6) is 0.579. The van der Waals surface area contributed by atoms with Crippen LogP contribution < -0.4 is 10.2 Å². The van der Waals surface area contributed by atoms with Crippen molar-refractivity contribution in [1.82, 2.24) is 0 Å². The number of nitro benzene ring substituents is 1. The molecule has 0 spiro atoms. The predicted molar refractivity (Wildman–Crippen MR) is 101 cm³/mol. The van der Waals surface area contributed by atoms with E-state index in [1.807, 2.05) is 25.1 Å². The summed E-state index contributed by atoms with van der Waals surface area (Å²) in [5, 5.41) is 14.4. The first-order valence-electron chi connectivity index (χ1n) is 8.63. The number of fused-ring (bicyclic) bond motifs is 2. The van der Waals surface area contributed by atoms with Gasteiger partial charge in [0.05, 0.1) is 34.9 Å². The van der Waals surface area contributed by atoms with Crippen molar-refractivity contribution < 1.29 is 9.66 Å².